The lowest BCUT2D eigenvalue weighted by molar-refractivity contribution is -0.385. The van der Waals surface area contributed by atoms with Gasteiger partial charge in [0.05, 0.1) is 10.7 Å². The molecule has 0 fully saturated rings. The van der Waals surface area contributed by atoms with E-state index in [1.807, 2.05) is 18.4 Å². The number of para-hydroxylation sites is 1. The van der Waals surface area contributed by atoms with Crippen molar-refractivity contribution in [2.24, 2.45) is 5.92 Å². The van der Waals surface area contributed by atoms with Gasteiger partial charge in [0.1, 0.15) is 0 Å². The Labute approximate surface area is 200 Å². The Bertz CT molecular complexity index is 1180. The molecule has 0 bridgehead atoms. The minimum Gasteiger partial charge on any atom is -0.480 e. The summed E-state index contributed by atoms with van der Waals surface area (Å²) in [6.45, 7) is 8.06. The van der Waals surface area contributed by atoms with E-state index < -0.39 is 16.8 Å². The van der Waals surface area contributed by atoms with Crippen molar-refractivity contribution in [3.05, 3.63) is 69.8 Å². The third-order valence-electron chi connectivity index (χ3n) is 4.82. The molecular weight excluding hydrogens is 461 g/mol. The number of nitrogens with zero attached hydrogens (tertiary/aromatic N) is 4. The molecule has 0 spiro atoms. The lowest BCUT2D eigenvalue weighted by Gasteiger charge is -2.18. The van der Waals surface area contributed by atoms with Crippen LogP contribution in [0.15, 0.2) is 47.6 Å². The van der Waals surface area contributed by atoms with Gasteiger partial charge in [-0.05, 0) is 38.0 Å². The number of hydrogen-bond acceptors (Lipinski definition) is 7. The Kier molecular flexibility index (Phi) is 8.21. The summed E-state index contributed by atoms with van der Waals surface area (Å²) in [6, 6.07) is 10.7. The predicted octanol–water partition coefficient (Wildman–Crippen LogP) is 5.16. The van der Waals surface area contributed by atoms with Crippen LogP contribution in [0.3, 0.4) is 0 Å². The molecule has 1 atom stereocenters. The average Bonchev–Trinajstić information content (AvgIpc) is 3.17. The summed E-state index contributed by atoms with van der Waals surface area (Å²) in [5, 5.41) is 22.8. The van der Waals surface area contributed by atoms with Gasteiger partial charge in [0.25, 0.3) is 5.69 Å². The number of halogens is 1. The normalized spacial score (nSPS) is 11.9. The van der Waals surface area contributed by atoms with Crippen LogP contribution in [0, 0.1) is 28.8 Å². The highest BCUT2D eigenvalue weighted by Gasteiger charge is 2.22. The fraction of sp³-hybridized carbons (Fsp3) is 0.348. The van der Waals surface area contributed by atoms with Crippen molar-refractivity contribution in [3.8, 4) is 5.75 Å². The van der Waals surface area contributed by atoms with Gasteiger partial charge >= 0.3 is 0 Å². The molecule has 0 saturated heterocycles. The maximum absolute atomic E-state index is 14.0. The molecule has 9 nitrogen and oxygen atoms in total. The number of rotatable bonds is 10. The summed E-state index contributed by atoms with van der Waals surface area (Å²) >= 11 is 1.19. The monoisotopic (exact) mass is 487 g/mol. The number of carbonyl (C=O) groups excluding carboxylic acids is 1. The Morgan fingerprint density at radius 2 is 1.97 bits per heavy atom. The highest BCUT2D eigenvalue weighted by atomic mass is 32.2. The fourth-order valence-corrected chi connectivity index (χ4v) is 3.99. The molecule has 1 amide bonds. The van der Waals surface area contributed by atoms with Gasteiger partial charge < -0.3 is 14.6 Å². The first kappa shape index (κ1) is 25.2. The van der Waals surface area contributed by atoms with E-state index in [-0.39, 0.29) is 29.0 Å². The number of nitro groups is 1. The highest BCUT2D eigenvalue weighted by Crippen LogP contribution is 2.27. The second kappa shape index (κ2) is 11.1. The Morgan fingerprint density at radius 3 is 2.65 bits per heavy atom. The first-order valence-electron chi connectivity index (χ1n) is 10.7. The van der Waals surface area contributed by atoms with Crippen LogP contribution in [0.5, 0.6) is 5.75 Å². The van der Waals surface area contributed by atoms with E-state index in [9.17, 15) is 19.3 Å². The average molecular weight is 488 g/mol. The summed E-state index contributed by atoms with van der Waals surface area (Å²) < 4.78 is 21.6. The number of thioether (sulfide) groups is 1. The lowest BCUT2D eigenvalue weighted by atomic mass is 10.2. The number of aromatic nitrogens is 3. The van der Waals surface area contributed by atoms with Crippen molar-refractivity contribution in [2.75, 3.05) is 11.1 Å². The first-order chi connectivity index (χ1) is 16.2. The highest BCUT2D eigenvalue weighted by molar-refractivity contribution is 7.99. The van der Waals surface area contributed by atoms with E-state index in [1.54, 1.807) is 44.2 Å². The van der Waals surface area contributed by atoms with E-state index in [4.69, 9.17) is 4.74 Å². The Balaban J connectivity index is 1.71. The molecule has 11 heteroatoms. The number of ether oxygens (including phenoxy) is 1. The smallest absolute Gasteiger partial charge is 0.274 e. The van der Waals surface area contributed by atoms with Crippen LogP contribution < -0.4 is 10.1 Å². The number of amides is 1. The van der Waals surface area contributed by atoms with Gasteiger partial charge in [0, 0.05) is 23.9 Å². The van der Waals surface area contributed by atoms with Crippen LogP contribution in [0.4, 0.5) is 15.8 Å². The van der Waals surface area contributed by atoms with Crippen LogP contribution in [0.2, 0.25) is 0 Å². The van der Waals surface area contributed by atoms with Gasteiger partial charge in [-0.15, -0.1) is 10.2 Å². The molecule has 1 aromatic heterocycles. The molecule has 0 aliphatic carbocycles. The van der Waals surface area contributed by atoms with Gasteiger partial charge in [-0.1, -0.05) is 43.8 Å². The van der Waals surface area contributed by atoms with E-state index in [1.165, 1.54) is 23.9 Å². The van der Waals surface area contributed by atoms with Gasteiger partial charge in [-0.2, -0.15) is 0 Å². The van der Waals surface area contributed by atoms with E-state index >= 15 is 0 Å². The molecule has 0 aliphatic heterocycles. The molecule has 3 rings (SSSR count). The topological polar surface area (TPSA) is 112 Å². The van der Waals surface area contributed by atoms with E-state index in [2.05, 4.69) is 15.5 Å². The number of nitro benzene ring substituents is 1. The SMILES string of the molecule is Cc1ccc(NC(=O)CSc2nnc(C(C)Oc3ccccc3F)n2CC(C)C)cc1[N+](=O)[O-]. The summed E-state index contributed by atoms with van der Waals surface area (Å²) in [6.07, 6.45) is -0.570. The summed E-state index contributed by atoms with van der Waals surface area (Å²) in [4.78, 5) is 23.1. The number of anilines is 1. The Morgan fingerprint density at radius 1 is 1.24 bits per heavy atom. The van der Waals surface area contributed by atoms with Crippen LogP contribution in [-0.2, 0) is 11.3 Å². The summed E-state index contributed by atoms with van der Waals surface area (Å²) in [5.41, 5.74) is 0.799. The van der Waals surface area contributed by atoms with Crippen molar-refractivity contribution in [3.63, 3.8) is 0 Å². The predicted molar refractivity (Wildman–Crippen MR) is 127 cm³/mol. The van der Waals surface area contributed by atoms with Gasteiger partial charge in [0.15, 0.2) is 28.7 Å². The second-order valence-corrected chi connectivity index (χ2v) is 9.07. The third-order valence-corrected chi connectivity index (χ3v) is 5.79. The number of aryl methyl sites for hydroxylation is 1. The molecule has 180 valence electrons. The largest absolute Gasteiger partial charge is 0.480 e. The van der Waals surface area contributed by atoms with Crippen LogP contribution in [0.25, 0.3) is 0 Å². The molecule has 1 heterocycles. The quantitative estimate of drug-likeness (QED) is 0.239. The zero-order chi connectivity index (χ0) is 24.8. The van der Waals surface area contributed by atoms with Crippen LogP contribution in [0.1, 0.15) is 38.3 Å². The van der Waals surface area contributed by atoms with Crippen molar-refractivity contribution in [2.45, 2.75) is 45.5 Å². The maximum Gasteiger partial charge on any atom is 0.274 e. The molecule has 3 aromatic rings. The fourth-order valence-electron chi connectivity index (χ4n) is 3.24. The second-order valence-electron chi connectivity index (χ2n) is 8.13. The molecule has 1 unspecified atom stereocenters. The molecule has 2 aromatic carbocycles. The summed E-state index contributed by atoms with van der Waals surface area (Å²) in [5.74, 6) is 0.132. The summed E-state index contributed by atoms with van der Waals surface area (Å²) in [7, 11) is 0. The van der Waals surface area contributed by atoms with Gasteiger partial charge in [-0.3, -0.25) is 14.9 Å². The van der Waals surface area contributed by atoms with E-state index in [0.29, 0.717) is 28.8 Å². The van der Waals surface area contributed by atoms with Gasteiger partial charge in [-0.25, -0.2) is 4.39 Å². The minimum absolute atomic E-state index is 0.0282. The standard InChI is InChI=1S/C23H26FN5O4S/c1-14(2)12-28-22(16(4)33-20-8-6-5-7-18(20)24)26-27-23(28)34-13-21(30)25-17-10-9-15(3)19(11-17)29(31)32/h5-11,14,16H,12-13H2,1-4H3,(H,25,30). The van der Waals surface area contributed by atoms with E-state index in [0.717, 1.165) is 0 Å². The zero-order valence-electron chi connectivity index (χ0n) is 19.3. The number of carbonyl (C=O) groups is 1. The van der Waals surface area contributed by atoms with Gasteiger partial charge in [0.2, 0.25) is 5.91 Å². The number of nitrogens with one attached hydrogen (secondary N) is 1. The maximum atomic E-state index is 14.0. The number of hydrogen-bond donors (Lipinski definition) is 1. The molecule has 0 radical (unpaired) electrons. The van der Waals surface area contributed by atoms with Crippen molar-refractivity contribution >= 4 is 29.0 Å². The Hall–Kier alpha value is -3.47. The van der Waals surface area contributed by atoms with Crippen LogP contribution in [-0.4, -0.2) is 31.3 Å². The van der Waals surface area contributed by atoms with Crippen molar-refractivity contribution in [1.29, 1.82) is 0 Å². The first-order valence-corrected chi connectivity index (χ1v) is 11.7. The van der Waals surface area contributed by atoms with Crippen LogP contribution >= 0.6 is 11.8 Å². The zero-order valence-corrected chi connectivity index (χ0v) is 20.1. The molecular formula is C23H26FN5O4S. The minimum atomic E-state index is -0.570. The van der Waals surface area contributed by atoms with Crippen molar-refractivity contribution < 1.29 is 18.8 Å². The third kappa shape index (κ3) is 6.31. The van der Waals surface area contributed by atoms with Crippen molar-refractivity contribution in [1.82, 2.24) is 14.8 Å². The molecule has 1 N–H and O–H groups in total. The molecule has 0 saturated carbocycles. The number of benzene rings is 2. The molecule has 0 aliphatic rings. The molecule has 34 heavy (non-hydrogen) atoms. The lowest BCUT2D eigenvalue weighted by Crippen LogP contribution is -2.17.